The maximum Gasteiger partial charge on any atom is 0.286 e. The molecule has 4 aromatic rings. The molecule has 0 bridgehead atoms. The number of carbonyl (C=O) groups excluding carboxylic acids is 1. The number of ether oxygens (including phenoxy) is 1. The van der Waals surface area contributed by atoms with Crippen LogP contribution in [0, 0.1) is 0 Å². The number of amides is 1. The molecule has 6 heteroatoms. The second-order valence-electron chi connectivity index (χ2n) is 5.88. The van der Waals surface area contributed by atoms with Gasteiger partial charge in [-0.2, -0.15) is 0 Å². The van der Waals surface area contributed by atoms with Crippen molar-refractivity contribution in [1.82, 2.24) is 0 Å². The molecule has 3 aromatic carbocycles. The van der Waals surface area contributed by atoms with Gasteiger partial charge in [-0.3, -0.25) is 4.79 Å². The minimum Gasteiger partial charge on any atom is -0.457 e. The van der Waals surface area contributed by atoms with Crippen LogP contribution in [-0.2, 0) is 0 Å². The van der Waals surface area contributed by atoms with Crippen LogP contribution in [-0.4, -0.2) is 5.91 Å². The van der Waals surface area contributed by atoms with Gasteiger partial charge in [0.2, 0.25) is 5.76 Å². The quantitative estimate of drug-likeness (QED) is 0.465. The summed E-state index contributed by atoms with van der Waals surface area (Å²) in [6.45, 7) is 0. The monoisotopic (exact) mass is 378 g/mol. The van der Waals surface area contributed by atoms with Crippen molar-refractivity contribution >= 4 is 39.9 Å². The SMILES string of the molecule is NC(=O)c1oc2ccc(Cl)cc2c1Nc1cccc(Oc2ccccc2)c1. The van der Waals surface area contributed by atoms with Gasteiger partial charge in [0, 0.05) is 22.2 Å². The number of carbonyl (C=O) groups is 1. The number of fused-ring (bicyclic) bond motifs is 1. The van der Waals surface area contributed by atoms with E-state index in [-0.39, 0.29) is 5.76 Å². The Labute approximate surface area is 160 Å². The van der Waals surface area contributed by atoms with Crippen LogP contribution in [0.3, 0.4) is 0 Å². The molecule has 0 fully saturated rings. The standard InChI is InChI=1S/C21H15ClN2O3/c22-13-9-10-18-17(11-13)19(20(27-18)21(23)25)24-14-5-4-8-16(12-14)26-15-6-2-1-3-7-15/h1-12,24H,(H2,23,25). The number of rotatable bonds is 5. The highest BCUT2D eigenvalue weighted by Gasteiger charge is 2.19. The first-order valence-corrected chi connectivity index (χ1v) is 8.60. The molecular weight excluding hydrogens is 364 g/mol. The van der Waals surface area contributed by atoms with Crippen LogP contribution in [0.1, 0.15) is 10.6 Å². The Kier molecular flexibility index (Phi) is 4.44. The number of anilines is 2. The van der Waals surface area contributed by atoms with E-state index in [9.17, 15) is 4.79 Å². The van der Waals surface area contributed by atoms with Crippen molar-refractivity contribution in [2.75, 3.05) is 5.32 Å². The molecule has 0 aliphatic carbocycles. The van der Waals surface area contributed by atoms with Crippen LogP contribution in [0.25, 0.3) is 11.0 Å². The van der Waals surface area contributed by atoms with Crippen LogP contribution >= 0.6 is 11.6 Å². The maximum absolute atomic E-state index is 11.8. The predicted molar refractivity (Wildman–Crippen MR) is 106 cm³/mol. The van der Waals surface area contributed by atoms with E-state index in [0.717, 1.165) is 5.75 Å². The Morgan fingerprint density at radius 2 is 1.74 bits per heavy atom. The first-order valence-electron chi connectivity index (χ1n) is 8.22. The number of primary amides is 1. The Morgan fingerprint density at radius 1 is 0.963 bits per heavy atom. The average molecular weight is 379 g/mol. The second kappa shape index (κ2) is 7.05. The Morgan fingerprint density at radius 3 is 2.52 bits per heavy atom. The molecule has 0 aliphatic rings. The zero-order valence-corrected chi connectivity index (χ0v) is 14.9. The molecule has 0 spiro atoms. The number of halogens is 1. The highest BCUT2D eigenvalue weighted by Crippen LogP contribution is 2.35. The van der Waals surface area contributed by atoms with E-state index in [1.165, 1.54) is 0 Å². The minimum absolute atomic E-state index is 0.0432. The third-order valence-electron chi connectivity index (χ3n) is 3.96. The number of hydrogen-bond donors (Lipinski definition) is 2. The van der Waals surface area contributed by atoms with Crippen molar-refractivity contribution in [3.05, 3.63) is 83.6 Å². The lowest BCUT2D eigenvalue weighted by Crippen LogP contribution is -2.11. The second-order valence-corrected chi connectivity index (χ2v) is 6.32. The topological polar surface area (TPSA) is 77.5 Å². The largest absolute Gasteiger partial charge is 0.457 e. The highest BCUT2D eigenvalue weighted by molar-refractivity contribution is 6.31. The van der Waals surface area contributed by atoms with Gasteiger partial charge in [0.05, 0.1) is 5.69 Å². The fraction of sp³-hybridized carbons (Fsp3) is 0. The molecule has 5 nitrogen and oxygen atoms in total. The van der Waals surface area contributed by atoms with Gasteiger partial charge < -0.3 is 20.2 Å². The summed E-state index contributed by atoms with van der Waals surface area (Å²) in [5.74, 6) is 0.758. The summed E-state index contributed by atoms with van der Waals surface area (Å²) in [7, 11) is 0. The molecule has 0 unspecified atom stereocenters. The van der Waals surface area contributed by atoms with E-state index >= 15 is 0 Å². The predicted octanol–water partition coefficient (Wildman–Crippen LogP) is 5.72. The molecule has 0 saturated heterocycles. The molecule has 1 heterocycles. The number of nitrogens with two attached hydrogens (primary N) is 1. The molecule has 1 aromatic heterocycles. The Balaban J connectivity index is 1.70. The zero-order valence-electron chi connectivity index (χ0n) is 14.1. The van der Waals surface area contributed by atoms with Gasteiger partial charge in [-0.05, 0) is 42.5 Å². The van der Waals surface area contributed by atoms with E-state index in [1.54, 1.807) is 18.2 Å². The summed E-state index contributed by atoms with van der Waals surface area (Å²) in [5.41, 5.74) is 7.18. The summed E-state index contributed by atoms with van der Waals surface area (Å²) in [5, 5.41) is 4.40. The average Bonchev–Trinajstić information content (AvgIpc) is 3.01. The number of benzene rings is 3. The molecule has 0 saturated carbocycles. The number of nitrogens with one attached hydrogen (secondary N) is 1. The van der Waals surface area contributed by atoms with E-state index < -0.39 is 5.91 Å². The number of furan rings is 1. The number of para-hydroxylation sites is 1. The zero-order chi connectivity index (χ0) is 18.8. The van der Waals surface area contributed by atoms with Gasteiger partial charge in [-0.15, -0.1) is 0 Å². The van der Waals surface area contributed by atoms with Crippen molar-refractivity contribution < 1.29 is 13.9 Å². The van der Waals surface area contributed by atoms with E-state index in [0.29, 0.717) is 33.1 Å². The summed E-state index contributed by atoms with van der Waals surface area (Å²) in [6, 6.07) is 21.9. The molecule has 1 amide bonds. The molecule has 0 radical (unpaired) electrons. The van der Waals surface area contributed by atoms with Gasteiger partial charge >= 0.3 is 0 Å². The van der Waals surface area contributed by atoms with Gasteiger partial charge in [-0.25, -0.2) is 0 Å². The molecule has 0 atom stereocenters. The maximum atomic E-state index is 11.8. The summed E-state index contributed by atoms with van der Waals surface area (Å²) < 4.78 is 11.4. The highest BCUT2D eigenvalue weighted by atomic mass is 35.5. The van der Waals surface area contributed by atoms with Crippen molar-refractivity contribution in [1.29, 1.82) is 0 Å². The third kappa shape index (κ3) is 3.59. The Hall–Kier alpha value is -3.44. The van der Waals surface area contributed by atoms with Crippen molar-refractivity contribution in [3.63, 3.8) is 0 Å². The summed E-state index contributed by atoms with van der Waals surface area (Å²) >= 11 is 6.09. The molecule has 134 valence electrons. The fourth-order valence-corrected chi connectivity index (χ4v) is 2.95. The van der Waals surface area contributed by atoms with Crippen LogP contribution in [0.15, 0.2) is 77.2 Å². The van der Waals surface area contributed by atoms with Gasteiger partial charge in [-0.1, -0.05) is 35.9 Å². The summed E-state index contributed by atoms with van der Waals surface area (Å²) in [4.78, 5) is 11.8. The normalized spacial score (nSPS) is 10.7. The van der Waals surface area contributed by atoms with Crippen LogP contribution in [0.5, 0.6) is 11.5 Å². The molecule has 0 aliphatic heterocycles. The first-order chi connectivity index (χ1) is 13.1. The van der Waals surface area contributed by atoms with Crippen LogP contribution in [0.4, 0.5) is 11.4 Å². The molecule has 4 rings (SSSR count). The van der Waals surface area contributed by atoms with Crippen molar-refractivity contribution in [2.24, 2.45) is 5.73 Å². The van der Waals surface area contributed by atoms with E-state index in [1.807, 2.05) is 54.6 Å². The van der Waals surface area contributed by atoms with E-state index in [2.05, 4.69) is 5.32 Å². The van der Waals surface area contributed by atoms with Gasteiger partial charge in [0.25, 0.3) is 5.91 Å². The first kappa shape index (κ1) is 17.0. The van der Waals surface area contributed by atoms with Crippen LogP contribution < -0.4 is 15.8 Å². The lowest BCUT2D eigenvalue weighted by molar-refractivity contribution is 0.0977. The molecule has 27 heavy (non-hydrogen) atoms. The van der Waals surface area contributed by atoms with Crippen molar-refractivity contribution in [2.45, 2.75) is 0 Å². The minimum atomic E-state index is -0.665. The molecular formula is C21H15ClN2O3. The Bertz CT molecular complexity index is 1120. The molecule has 3 N–H and O–H groups in total. The van der Waals surface area contributed by atoms with Gasteiger partial charge in [0.1, 0.15) is 17.1 Å². The number of hydrogen-bond acceptors (Lipinski definition) is 4. The summed E-state index contributed by atoms with van der Waals surface area (Å²) in [6.07, 6.45) is 0. The van der Waals surface area contributed by atoms with Crippen LogP contribution in [0.2, 0.25) is 5.02 Å². The van der Waals surface area contributed by atoms with Gasteiger partial charge in [0.15, 0.2) is 0 Å². The fourth-order valence-electron chi connectivity index (χ4n) is 2.77. The van der Waals surface area contributed by atoms with Crippen molar-refractivity contribution in [3.8, 4) is 11.5 Å². The lowest BCUT2D eigenvalue weighted by atomic mass is 10.2. The third-order valence-corrected chi connectivity index (χ3v) is 4.19. The smallest absolute Gasteiger partial charge is 0.286 e. The van der Waals surface area contributed by atoms with E-state index in [4.69, 9.17) is 26.5 Å². The lowest BCUT2D eigenvalue weighted by Gasteiger charge is -2.10.